The van der Waals surface area contributed by atoms with Crippen molar-refractivity contribution in [3.63, 3.8) is 0 Å². The van der Waals surface area contributed by atoms with Crippen LogP contribution >= 0.6 is 12.4 Å². The molecule has 2 saturated heterocycles. The van der Waals surface area contributed by atoms with Crippen molar-refractivity contribution < 1.29 is 4.79 Å². The molecule has 0 aromatic carbocycles. The highest BCUT2D eigenvalue weighted by Gasteiger charge is 2.32. The van der Waals surface area contributed by atoms with Gasteiger partial charge in [0.25, 0.3) is 0 Å². The molecule has 2 aliphatic heterocycles. The number of carbonyl (C=O) groups is 1. The Morgan fingerprint density at radius 1 is 1.16 bits per heavy atom. The van der Waals surface area contributed by atoms with Crippen LogP contribution in [0.1, 0.15) is 46.0 Å². The van der Waals surface area contributed by atoms with Gasteiger partial charge in [-0.2, -0.15) is 0 Å². The summed E-state index contributed by atoms with van der Waals surface area (Å²) in [6.07, 6.45) is 5.88. The van der Waals surface area contributed by atoms with Crippen LogP contribution in [0.4, 0.5) is 0 Å². The lowest BCUT2D eigenvalue weighted by molar-refractivity contribution is -0.138. The Bertz CT molecular complexity index is 290. The maximum atomic E-state index is 12.5. The maximum absolute atomic E-state index is 12.5. The van der Waals surface area contributed by atoms with Crippen molar-refractivity contribution in [3.05, 3.63) is 0 Å². The molecule has 2 rings (SSSR count). The minimum atomic E-state index is 0. The Morgan fingerprint density at radius 2 is 1.79 bits per heavy atom. The summed E-state index contributed by atoms with van der Waals surface area (Å²) in [5.74, 6) is 0.301. The molecule has 0 aromatic rings. The third-order valence-electron chi connectivity index (χ3n) is 4.59. The van der Waals surface area contributed by atoms with E-state index in [1.807, 2.05) is 0 Å². The average molecular weight is 290 g/mol. The highest BCUT2D eigenvalue weighted by Crippen LogP contribution is 2.24. The van der Waals surface area contributed by atoms with Gasteiger partial charge in [0.2, 0.25) is 5.91 Å². The number of halogens is 1. The third-order valence-corrected chi connectivity index (χ3v) is 4.59. The SMILES string of the molecule is CC1CCCC(C)N1C(=O)CN1CCCC1CN.Cl. The number of nitrogens with zero attached hydrogens (tertiary/aromatic N) is 2. The Kier molecular flexibility index (Phi) is 6.57. The fourth-order valence-electron chi connectivity index (χ4n) is 3.54. The standard InChI is InChI=1S/C14H27N3O.ClH/c1-11-5-3-6-12(2)17(11)14(18)10-16-8-4-7-13(16)9-15;/h11-13H,3-10,15H2,1-2H3;1H. The molecule has 5 heteroatoms. The van der Waals surface area contributed by atoms with Crippen molar-refractivity contribution in [3.8, 4) is 0 Å². The average Bonchev–Trinajstić information content (AvgIpc) is 2.76. The second-order valence-electron chi connectivity index (χ2n) is 5.93. The highest BCUT2D eigenvalue weighted by atomic mass is 35.5. The summed E-state index contributed by atoms with van der Waals surface area (Å²) in [6.45, 7) is 6.63. The van der Waals surface area contributed by atoms with Gasteiger partial charge in [-0.15, -0.1) is 12.4 Å². The normalized spacial score (nSPS) is 32.2. The maximum Gasteiger partial charge on any atom is 0.237 e. The Balaban J connectivity index is 0.00000180. The molecular formula is C14H28ClN3O. The number of hydrogen-bond donors (Lipinski definition) is 1. The Labute approximate surface area is 123 Å². The van der Waals surface area contributed by atoms with Crippen molar-refractivity contribution >= 4 is 18.3 Å². The molecule has 0 spiro atoms. The largest absolute Gasteiger partial charge is 0.336 e. The molecule has 0 radical (unpaired) electrons. The number of rotatable bonds is 3. The van der Waals surface area contributed by atoms with Crippen LogP contribution in [0.5, 0.6) is 0 Å². The van der Waals surface area contributed by atoms with Gasteiger partial charge in [-0.3, -0.25) is 9.69 Å². The van der Waals surface area contributed by atoms with Crippen molar-refractivity contribution in [2.24, 2.45) is 5.73 Å². The zero-order valence-electron chi connectivity index (χ0n) is 12.2. The lowest BCUT2D eigenvalue weighted by Gasteiger charge is -2.40. The van der Waals surface area contributed by atoms with E-state index < -0.39 is 0 Å². The summed E-state index contributed by atoms with van der Waals surface area (Å²) < 4.78 is 0. The van der Waals surface area contributed by atoms with Crippen molar-refractivity contribution in [1.82, 2.24) is 9.80 Å². The van der Waals surface area contributed by atoms with Gasteiger partial charge in [0.1, 0.15) is 0 Å². The summed E-state index contributed by atoms with van der Waals surface area (Å²) in [4.78, 5) is 16.9. The van der Waals surface area contributed by atoms with Gasteiger partial charge in [-0.25, -0.2) is 0 Å². The molecule has 2 fully saturated rings. The quantitative estimate of drug-likeness (QED) is 0.859. The minimum absolute atomic E-state index is 0. The first-order valence-corrected chi connectivity index (χ1v) is 7.38. The number of likely N-dealkylation sites (tertiary alicyclic amines) is 2. The van der Waals surface area contributed by atoms with E-state index in [-0.39, 0.29) is 12.4 Å². The second-order valence-corrected chi connectivity index (χ2v) is 5.93. The van der Waals surface area contributed by atoms with Crippen LogP contribution < -0.4 is 5.73 Å². The topological polar surface area (TPSA) is 49.6 Å². The molecule has 3 unspecified atom stereocenters. The Hall–Kier alpha value is -0.320. The van der Waals surface area contributed by atoms with Crippen LogP contribution in [0.2, 0.25) is 0 Å². The molecule has 0 bridgehead atoms. The number of hydrogen-bond acceptors (Lipinski definition) is 3. The highest BCUT2D eigenvalue weighted by molar-refractivity contribution is 5.85. The Morgan fingerprint density at radius 3 is 2.37 bits per heavy atom. The van der Waals surface area contributed by atoms with E-state index in [0.717, 1.165) is 25.8 Å². The van der Waals surface area contributed by atoms with Crippen LogP contribution in [0, 0.1) is 0 Å². The summed E-state index contributed by atoms with van der Waals surface area (Å²) in [5.41, 5.74) is 5.77. The third kappa shape index (κ3) is 3.83. The van der Waals surface area contributed by atoms with E-state index in [9.17, 15) is 4.79 Å². The fraction of sp³-hybridized carbons (Fsp3) is 0.929. The van der Waals surface area contributed by atoms with Gasteiger partial charge in [0, 0.05) is 24.7 Å². The molecule has 0 aliphatic carbocycles. The first-order chi connectivity index (χ1) is 8.63. The summed E-state index contributed by atoms with van der Waals surface area (Å²) in [6, 6.07) is 1.23. The number of nitrogens with two attached hydrogens (primary N) is 1. The van der Waals surface area contributed by atoms with Gasteiger partial charge >= 0.3 is 0 Å². The second kappa shape index (κ2) is 7.46. The predicted molar refractivity (Wildman–Crippen MR) is 80.5 cm³/mol. The molecule has 0 saturated carbocycles. The summed E-state index contributed by atoms with van der Waals surface area (Å²) >= 11 is 0. The van der Waals surface area contributed by atoms with Crippen LogP contribution in [0.3, 0.4) is 0 Å². The fourth-order valence-corrected chi connectivity index (χ4v) is 3.54. The van der Waals surface area contributed by atoms with E-state index in [0.29, 0.717) is 37.1 Å². The van der Waals surface area contributed by atoms with E-state index in [2.05, 4.69) is 23.6 Å². The first-order valence-electron chi connectivity index (χ1n) is 7.38. The lowest BCUT2D eigenvalue weighted by Crippen LogP contribution is -2.52. The van der Waals surface area contributed by atoms with E-state index in [1.165, 1.54) is 12.8 Å². The predicted octanol–water partition coefficient (Wildman–Crippen LogP) is 1.62. The first kappa shape index (κ1) is 16.7. The van der Waals surface area contributed by atoms with Crippen LogP contribution in [0.25, 0.3) is 0 Å². The molecule has 2 heterocycles. The lowest BCUT2D eigenvalue weighted by atomic mass is 9.97. The van der Waals surface area contributed by atoms with Gasteiger partial charge in [0.05, 0.1) is 6.54 Å². The van der Waals surface area contributed by atoms with Gasteiger partial charge in [-0.1, -0.05) is 0 Å². The van der Waals surface area contributed by atoms with Gasteiger partial charge in [0.15, 0.2) is 0 Å². The van der Waals surface area contributed by atoms with E-state index >= 15 is 0 Å². The number of carbonyl (C=O) groups excluding carboxylic acids is 1. The van der Waals surface area contributed by atoms with Crippen LogP contribution in [-0.2, 0) is 4.79 Å². The van der Waals surface area contributed by atoms with Crippen molar-refractivity contribution in [2.45, 2.75) is 64.1 Å². The van der Waals surface area contributed by atoms with E-state index in [1.54, 1.807) is 0 Å². The van der Waals surface area contributed by atoms with Gasteiger partial charge in [-0.05, 0) is 52.5 Å². The number of amides is 1. The minimum Gasteiger partial charge on any atom is -0.336 e. The molecule has 4 nitrogen and oxygen atoms in total. The smallest absolute Gasteiger partial charge is 0.237 e. The molecule has 112 valence electrons. The molecule has 0 aromatic heterocycles. The molecule has 3 atom stereocenters. The van der Waals surface area contributed by atoms with Crippen molar-refractivity contribution in [1.29, 1.82) is 0 Å². The molecule has 2 N–H and O–H groups in total. The van der Waals surface area contributed by atoms with E-state index in [4.69, 9.17) is 5.73 Å². The zero-order chi connectivity index (χ0) is 13.1. The summed E-state index contributed by atoms with van der Waals surface area (Å²) in [7, 11) is 0. The van der Waals surface area contributed by atoms with Crippen LogP contribution in [0.15, 0.2) is 0 Å². The number of piperidine rings is 1. The molecular weight excluding hydrogens is 262 g/mol. The van der Waals surface area contributed by atoms with Crippen molar-refractivity contribution in [2.75, 3.05) is 19.6 Å². The zero-order valence-corrected chi connectivity index (χ0v) is 13.0. The molecule has 2 aliphatic rings. The van der Waals surface area contributed by atoms with Crippen LogP contribution in [-0.4, -0.2) is 53.5 Å². The summed E-state index contributed by atoms with van der Waals surface area (Å²) in [5, 5.41) is 0. The molecule has 19 heavy (non-hydrogen) atoms. The monoisotopic (exact) mass is 289 g/mol. The molecule has 1 amide bonds. The van der Waals surface area contributed by atoms with Gasteiger partial charge < -0.3 is 10.6 Å².